The van der Waals surface area contributed by atoms with E-state index in [0.29, 0.717) is 6.42 Å². The molecule has 0 aromatic rings. The highest BCUT2D eigenvalue weighted by atomic mass is 19.1. The van der Waals surface area contributed by atoms with Crippen LogP contribution in [-0.2, 0) is 0 Å². The molecule has 92 valence electrons. The Balaban J connectivity index is 0.000000921. The van der Waals surface area contributed by atoms with E-state index in [0.717, 1.165) is 19.6 Å². The van der Waals surface area contributed by atoms with Gasteiger partial charge in [-0.15, -0.1) is 0 Å². The molecule has 2 atom stereocenters. The molecule has 0 amide bonds. The minimum absolute atomic E-state index is 0.0712. The predicted molar refractivity (Wildman–Crippen MR) is 65.1 cm³/mol. The van der Waals surface area contributed by atoms with Gasteiger partial charge in [-0.05, 0) is 33.0 Å². The number of rotatable bonds is 5. The molecular weight excluding hydrogens is 191 g/mol. The summed E-state index contributed by atoms with van der Waals surface area (Å²) in [7, 11) is 2.07. The van der Waals surface area contributed by atoms with Gasteiger partial charge in [0.2, 0.25) is 0 Å². The van der Waals surface area contributed by atoms with Crippen molar-refractivity contribution in [1.82, 2.24) is 10.2 Å². The van der Waals surface area contributed by atoms with E-state index in [1.165, 1.54) is 12.8 Å². The van der Waals surface area contributed by atoms with Crippen LogP contribution in [0.25, 0.3) is 0 Å². The van der Waals surface area contributed by atoms with Crippen molar-refractivity contribution < 1.29 is 4.39 Å². The van der Waals surface area contributed by atoms with E-state index >= 15 is 0 Å². The summed E-state index contributed by atoms with van der Waals surface area (Å²) in [6.07, 6.45) is 2.47. The van der Waals surface area contributed by atoms with Gasteiger partial charge in [-0.25, -0.2) is 4.39 Å². The molecule has 0 aromatic heterocycles. The lowest BCUT2D eigenvalue weighted by Crippen LogP contribution is -2.40. The van der Waals surface area contributed by atoms with Crippen LogP contribution in [0.4, 0.5) is 4.39 Å². The van der Waals surface area contributed by atoms with Crippen LogP contribution in [0.2, 0.25) is 0 Å². The summed E-state index contributed by atoms with van der Waals surface area (Å²) in [6.45, 7) is 8.95. The van der Waals surface area contributed by atoms with Crippen LogP contribution in [0, 0.1) is 0 Å². The second-order valence-electron chi connectivity index (χ2n) is 3.98. The Kier molecular flexibility index (Phi) is 9.01. The Hall–Kier alpha value is -0.150. The molecule has 0 aromatic carbocycles. The van der Waals surface area contributed by atoms with Crippen LogP contribution in [0.3, 0.4) is 0 Å². The van der Waals surface area contributed by atoms with E-state index < -0.39 is 6.17 Å². The number of halogens is 1. The second-order valence-corrected chi connectivity index (χ2v) is 3.98. The molecular formula is C12H27FN2. The summed E-state index contributed by atoms with van der Waals surface area (Å²) in [6, 6.07) is 0.0712. The van der Waals surface area contributed by atoms with Crippen LogP contribution in [-0.4, -0.2) is 43.8 Å². The molecule has 1 heterocycles. The van der Waals surface area contributed by atoms with Gasteiger partial charge in [0.1, 0.15) is 6.17 Å². The van der Waals surface area contributed by atoms with Crippen LogP contribution in [0.15, 0.2) is 0 Å². The number of nitrogens with zero attached hydrogens (tertiary/aromatic N) is 1. The van der Waals surface area contributed by atoms with Crippen molar-refractivity contribution in [2.75, 3.05) is 26.7 Å². The van der Waals surface area contributed by atoms with E-state index in [2.05, 4.69) is 24.2 Å². The highest BCUT2D eigenvalue weighted by Crippen LogP contribution is 2.11. The zero-order valence-corrected chi connectivity index (χ0v) is 10.7. The number of alkyl halides is 1. The van der Waals surface area contributed by atoms with Crippen molar-refractivity contribution in [1.29, 1.82) is 0 Å². The quantitative estimate of drug-likeness (QED) is 0.762. The Morgan fingerprint density at radius 1 is 1.40 bits per heavy atom. The molecule has 3 heteroatoms. The molecule has 1 aliphatic heterocycles. The lowest BCUT2D eigenvalue weighted by molar-refractivity contribution is 0.229. The summed E-state index contributed by atoms with van der Waals surface area (Å²) in [4.78, 5) is 2.22. The first-order valence-corrected chi connectivity index (χ1v) is 6.30. The first-order chi connectivity index (χ1) is 7.24. The van der Waals surface area contributed by atoms with Crippen molar-refractivity contribution in [2.45, 2.75) is 52.2 Å². The zero-order chi connectivity index (χ0) is 11.7. The molecule has 2 unspecified atom stereocenters. The Labute approximate surface area is 94.2 Å². The van der Waals surface area contributed by atoms with Crippen molar-refractivity contribution in [2.24, 2.45) is 0 Å². The van der Waals surface area contributed by atoms with Crippen LogP contribution in [0.5, 0.6) is 0 Å². The number of likely N-dealkylation sites (N-methyl/N-ethyl adjacent to an activating group) is 1. The fourth-order valence-corrected chi connectivity index (χ4v) is 1.77. The highest BCUT2D eigenvalue weighted by molar-refractivity contribution is 4.85. The van der Waals surface area contributed by atoms with Gasteiger partial charge in [-0.1, -0.05) is 27.2 Å². The summed E-state index contributed by atoms with van der Waals surface area (Å²) >= 11 is 0. The normalized spacial score (nSPS) is 25.2. The molecule has 15 heavy (non-hydrogen) atoms. The summed E-state index contributed by atoms with van der Waals surface area (Å²) in [5, 5.41) is 3.20. The topological polar surface area (TPSA) is 15.3 Å². The van der Waals surface area contributed by atoms with Crippen molar-refractivity contribution in [3.63, 3.8) is 0 Å². The average molecular weight is 218 g/mol. The minimum atomic E-state index is -0.635. The van der Waals surface area contributed by atoms with E-state index in [1.54, 1.807) is 0 Å². The van der Waals surface area contributed by atoms with Gasteiger partial charge in [0.25, 0.3) is 0 Å². The second kappa shape index (κ2) is 9.10. The number of unbranched alkanes of at least 4 members (excludes halogenated alkanes) is 1. The maximum atomic E-state index is 13.2. The first-order valence-electron chi connectivity index (χ1n) is 6.30. The lowest BCUT2D eigenvalue weighted by Gasteiger charge is -2.21. The van der Waals surface area contributed by atoms with Gasteiger partial charge in [0.15, 0.2) is 0 Å². The molecule has 2 nitrogen and oxygen atoms in total. The molecule has 1 N–H and O–H groups in total. The van der Waals surface area contributed by atoms with Gasteiger partial charge in [0, 0.05) is 6.54 Å². The maximum Gasteiger partial charge on any atom is 0.118 e. The van der Waals surface area contributed by atoms with E-state index in [4.69, 9.17) is 0 Å². The Morgan fingerprint density at radius 2 is 2.07 bits per heavy atom. The molecule has 0 saturated carbocycles. The minimum Gasteiger partial charge on any atom is -0.310 e. The summed E-state index contributed by atoms with van der Waals surface area (Å²) < 4.78 is 13.2. The average Bonchev–Trinajstić information content (AvgIpc) is 2.64. The fourth-order valence-electron chi connectivity index (χ4n) is 1.77. The first kappa shape index (κ1) is 14.8. The van der Waals surface area contributed by atoms with Crippen molar-refractivity contribution in [3.8, 4) is 0 Å². The largest absolute Gasteiger partial charge is 0.310 e. The van der Waals surface area contributed by atoms with Gasteiger partial charge in [-0.2, -0.15) is 0 Å². The molecule has 0 spiro atoms. The van der Waals surface area contributed by atoms with E-state index in [1.807, 2.05) is 13.8 Å². The SMILES string of the molecule is CC.CCCCN(C)CC1NCCC1F. The summed E-state index contributed by atoms with van der Waals surface area (Å²) in [5.41, 5.74) is 0. The molecule has 0 aliphatic carbocycles. The molecule has 1 fully saturated rings. The number of hydrogen-bond donors (Lipinski definition) is 1. The zero-order valence-electron chi connectivity index (χ0n) is 10.7. The Morgan fingerprint density at radius 3 is 2.53 bits per heavy atom. The Bertz CT molecular complexity index is 142. The molecule has 0 bridgehead atoms. The van der Waals surface area contributed by atoms with Crippen LogP contribution >= 0.6 is 0 Å². The van der Waals surface area contributed by atoms with Crippen molar-refractivity contribution in [3.05, 3.63) is 0 Å². The van der Waals surface area contributed by atoms with E-state index in [9.17, 15) is 4.39 Å². The third-order valence-electron chi connectivity index (χ3n) is 2.66. The monoisotopic (exact) mass is 218 g/mol. The molecule has 0 radical (unpaired) electrons. The van der Waals surface area contributed by atoms with Gasteiger partial charge in [-0.3, -0.25) is 0 Å². The molecule has 1 aliphatic rings. The maximum absolute atomic E-state index is 13.2. The van der Waals surface area contributed by atoms with Crippen LogP contribution in [0.1, 0.15) is 40.0 Å². The standard InChI is InChI=1S/C10H21FN2.C2H6/c1-3-4-7-13(2)8-10-9(11)5-6-12-10;1-2/h9-10,12H,3-8H2,1-2H3;1-2H3. The van der Waals surface area contributed by atoms with E-state index in [-0.39, 0.29) is 6.04 Å². The summed E-state index contributed by atoms with van der Waals surface area (Å²) in [5.74, 6) is 0. The fraction of sp³-hybridized carbons (Fsp3) is 1.00. The predicted octanol–water partition coefficient (Wildman–Crippen LogP) is 2.44. The third-order valence-corrected chi connectivity index (χ3v) is 2.66. The number of hydrogen-bond acceptors (Lipinski definition) is 2. The third kappa shape index (κ3) is 6.10. The van der Waals surface area contributed by atoms with Gasteiger partial charge >= 0.3 is 0 Å². The highest BCUT2D eigenvalue weighted by Gasteiger charge is 2.26. The van der Waals surface area contributed by atoms with Gasteiger partial charge < -0.3 is 10.2 Å². The number of nitrogens with one attached hydrogen (secondary N) is 1. The smallest absolute Gasteiger partial charge is 0.118 e. The molecule has 1 rings (SSSR count). The molecule has 1 saturated heterocycles. The van der Waals surface area contributed by atoms with Crippen molar-refractivity contribution >= 4 is 0 Å². The lowest BCUT2D eigenvalue weighted by atomic mass is 10.2. The van der Waals surface area contributed by atoms with Gasteiger partial charge in [0.05, 0.1) is 6.04 Å². The van der Waals surface area contributed by atoms with Crippen LogP contribution < -0.4 is 5.32 Å².